The maximum atomic E-state index is 10.6. The third kappa shape index (κ3) is 3.35. The minimum atomic E-state index is -0.383. The first-order valence-corrected chi connectivity index (χ1v) is 6.55. The second kappa shape index (κ2) is 5.74. The van der Waals surface area contributed by atoms with Crippen molar-refractivity contribution in [1.82, 2.24) is 0 Å². The van der Waals surface area contributed by atoms with Gasteiger partial charge < -0.3 is 5.32 Å². The molecule has 0 bridgehead atoms. The maximum Gasteiger partial charge on any atom is 0.269 e. The van der Waals surface area contributed by atoms with Gasteiger partial charge in [0.05, 0.1) is 4.92 Å². The first kappa shape index (κ1) is 14.1. The summed E-state index contributed by atoms with van der Waals surface area (Å²) in [7, 11) is 0. The predicted octanol–water partition coefficient (Wildman–Crippen LogP) is 4.38. The molecule has 0 fully saturated rings. The molecular formula is C16H18N2O2. The van der Waals surface area contributed by atoms with Crippen LogP contribution in [0.5, 0.6) is 0 Å². The first-order valence-electron chi connectivity index (χ1n) is 6.55. The molecule has 20 heavy (non-hydrogen) atoms. The van der Waals surface area contributed by atoms with E-state index in [1.807, 2.05) is 6.92 Å². The number of benzene rings is 2. The highest BCUT2D eigenvalue weighted by molar-refractivity contribution is 5.50. The number of aryl methyl sites for hydroxylation is 2. The van der Waals surface area contributed by atoms with Gasteiger partial charge in [0.25, 0.3) is 5.69 Å². The standard InChI is InChI=1S/C16H18N2O2/c1-11-8-12(2)10-15(9-11)17-13(3)14-4-6-16(7-5-14)18(19)20/h4-10,13,17H,1-3H3. The molecule has 2 aromatic rings. The highest BCUT2D eigenvalue weighted by Gasteiger charge is 2.09. The molecule has 0 aromatic heterocycles. The Morgan fingerprint density at radius 1 is 1.05 bits per heavy atom. The average molecular weight is 270 g/mol. The van der Waals surface area contributed by atoms with Crippen LogP contribution in [0, 0.1) is 24.0 Å². The zero-order chi connectivity index (χ0) is 14.7. The molecule has 0 saturated carbocycles. The van der Waals surface area contributed by atoms with Gasteiger partial charge in [-0.25, -0.2) is 0 Å². The molecule has 1 atom stereocenters. The number of rotatable bonds is 4. The second-order valence-electron chi connectivity index (χ2n) is 5.09. The third-order valence-corrected chi connectivity index (χ3v) is 3.21. The molecule has 0 amide bonds. The minimum absolute atomic E-state index is 0.0944. The van der Waals surface area contributed by atoms with E-state index in [1.54, 1.807) is 12.1 Å². The van der Waals surface area contributed by atoms with Crippen LogP contribution in [0.15, 0.2) is 42.5 Å². The van der Waals surface area contributed by atoms with E-state index in [2.05, 4.69) is 37.4 Å². The maximum absolute atomic E-state index is 10.6. The molecule has 2 aromatic carbocycles. The fraction of sp³-hybridized carbons (Fsp3) is 0.250. The van der Waals surface area contributed by atoms with Gasteiger partial charge in [-0.3, -0.25) is 10.1 Å². The van der Waals surface area contributed by atoms with Crippen molar-refractivity contribution in [3.8, 4) is 0 Å². The number of hydrogen-bond acceptors (Lipinski definition) is 3. The van der Waals surface area contributed by atoms with Crippen molar-refractivity contribution in [3.63, 3.8) is 0 Å². The summed E-state index contributed by atoms with van der Waals surface area (Å²) in [5.74, 6) is 0. The van der Waals surface area contributed by atoms with Gasteiger partial charge in [0.15, 0.2) is 0 Å². The first-order chi connectivity index (χ1) is 9.45. The summed E-state index contributed by atoms with van der Waals surface area (Å²) in [5, 5.41) is 14.1. The van der Waals surface area contributed by atoms with Gasteiger partial charge in [0.1, 0.15) is 0 Å². The van der Waals surface area contributed by atoms with Gasteiger partial charge in [0.2, 0.25) is 0 Å². The van der Waals surface area contributed by atoms with Crippen LogP contribution in [0.2, 0.25) is 0 Å². The van der Waals surface area contributed by atoms with Crippen LogP contribution in [-0.2, 0) is 0 Å². The van der Waals surface area contributed by atoms with Crippen molar-refractivity contribution in [1.29, 1.82) is 0 Å². The van der Waals surface area contributed by atoms with E-state index in [0.717, 1.165) is 11.3 Å². The summed E-state index contributed by atoms with van der Waals surface area (Å²) >= 11 is 0. The van der Waals surface area contributed by atoms with Crippen LogP contribution in [0.3, 0.4) is 0 Å². The molecule has 2 rings (SSSR count). The Balaban J connectivity index is 2.14. The Kier molecular flexibility index (Phi) is 4.03. The lowest BCUT2D eigenvalue weighted by molar-refractivity contribution is -0.384. The van der Waals surface area contributed by atoms with Gasteiger partial charge in [-0.1, -0.05) is 18.2 Å². The van der Waals surface area contributed by atoms with E-state index >= 15 is 0 Å². The van der Waals surface area contributed by atoms with Crippen LogP contribution in [0.25, 0.3) is 0 Å². The van der Waals surface area contributed by atoms with Gasteiger partial charge in [-0.15, -0.1) is 0 Å². The number of anilines is 1. The molecule has 0 aliphatic rings. The van der Waals surface area contributed by atoms with E-state index < -0.39 is 0 Å². The topological polar surface area (TPSA) is 55.2 Å². The quantitative estimate of drug-likeness (QED) is 0.662. The molecule has 0 saturated heterocycles. The fourth-order valence-corrected chi connectivity index (χ4v) is 2.28. The highest BCUT2D eigenvalue weighted by atomic mass is 16.6. The van der Waals surface area contributed by atoms with Crippen molar-refractivity contribution >= 4 is 11.4 Å². The van der Waals surface area contributed by atoms with E-state index in [1.165, 1.54) is 23.3 Å². The smallest absolute Gasteiger partial charge is 0.269 e. The van der Waals surface area contributed by atoms with Gasteiger partial charge >= 0.3 is 0 Å². The summed E-state index contributed by atoms with van der Waals surface area (Å²) < 4.78 is 0. The molecule has 0 aliphatic heterocycles. The van der Waals surface area contributed by atoms with Gasteiger partial charge in [-0.2, -0.15) is 0 Å². The van der Waals surface area contributed by atoms with Crippen molar-refractivity contribution < 1.29 is 4.92 Å². The minimum Gasteiger partial charge on any atom is -0.379 e. The largest absolute Gasteiger partial charge is 0.379 e. The second-order valence-corrected chi connectivity index (χ2v) is 5.09. The summed E-state index contributed by atoms with van der Waals surface area (Å²) in [4.78, 5) is 10.3. The van der Waals surface area contributed by atoms with Crippen LogP contribution in [0.1, 0.15) is 29.7 Å². The number of nitro groups is 1. The molecule has 4 nitrogen and oxygen atoms in total. The Labute approximate surface area is 118 Å². The fourth-order valence-electron chi connectivity index (χ4n) is 2.28. The molecule has 0 radical (unpaired) electrons. The Morgan fingerprint density at radius 3 is 2.10 bits per heavy atom. The van der Waals surface area contributed by atoms with Crippen molar-refractivity contribution in [3.05, 3.63) is 69.3 Å². The molecule has 104 valence electrons. The zero-order valence-corrected chi connectivity index (χ0v) is 11.9. The molecule has 1 N–H and O–H groups in total. The lowest BCUT2D eigenvalue weighted by Gasteiger charge is -2.16. The Hall–Kier alpha value is -2.36. The van der Waals surface area contributed by atoms with Crippen LogP contribution >= 0.6 is 0 Å². The SMILES string of the molecule is Cc1cc(C)cc(NC(C)c2ccc([N+](=O)[O-])cc2)c1. The normalized spacial score (nSPS) is 11.9. The van der Waals surface area contributed by atoms with Gasteiger partial charge in [0, 0.05) is 23.9 Å². The van der Waals surface area contributed by atoms with Gasteiger partial charge in [-0.05, 0) is 49.6 Å². The summed E-state index contributed by atoms with van der Waals surface area (Å²) in [6, 6.07) is 13.1. The molecule has 0 spiro atoms. The number of nitro benzene ring substituents is 1. The molecule has 4 heteroatoms. The van der Waals surface area contributed by atoms with Crippen molar-refractivity contribution in [2.45, 2.75) is 26.8 Å². The monoisotopic (exact) mass is 270 g/mol. The Bertz CT molecular complexity index is 601. The predicted molar refractivity (Wildman–Crippen MR) is 81.1 cm³/mol. The lowest BCUT2D eigenvalue weighted by Crippen LogP contribution is -2.07. The van der Waals surface area contributed by atoms with E-state index in [-0.39, 0.29) is 16.7 Å². The number of non-ortho nitro benzene ring substituents is 1. The van der Waals surface area contributed by atoms with E-state index in [4.69, 9.17) is 0 Å². The molecule has 1 unspecified atom stereocenters. The number of nitrogens with one attached hydrogen (secondary N) is 1. The third-order valence-electron chi connectivity index (χ3n) is 3.21. The molecule has 0 aliphatic carbocycles. The van der Waals surface area contributed by atoms with Crippen molar-refractivity contribution in [2.75, 3.05) is 5.32 Å². The lowest BCUT2D eigenvalue weighted by atomic mass is 10.1. The van der Waals surface area contributed by atoms with E-state index in [9.17, 15) is 10.1 Å². The highest BCUT2D eigenvalue weighted by Crippen LogP contribution is 2.23. The van der Waals surface area contributed by atoms with Crippen LogP contribution in [0.4, 0.5) is 11.4 Å². The van der Waals surface area contributed by atoms with Crippen LogP contribution in [-0.4, -0.2) is 4.92 Å². The molecular weight excluding hydrogens is 252 g/mol. The van der Waals surface area contributed by atoms with E-state index in [0.29, 0.717) is 0 Å². The number of hydrogen-bond donors (Lipinski definition) is 1. The molecule has 0 heterocycles. The Morgan fingerprint density at radius 2 is 1.60 bits per heavy atom. The summed E-state index contributed by atoms with van der Waals surface area (Å²) in [5.41, 5.74) is 4.63. The summed E-state index contributed by atoms with van der Waals surface area (Å²) in [6.45, 7) is 6.17. The average Bonchev–Trinajstić information content (AvgIpc) is 2.37. The van der Waals surface area contributed by atoms with Crippen LogP contribution < -0.4 is 5.32 Å². The summed E-state index contributed by atoms with van der Waals surface area (Å²) in [6.07, 6.45) is 0. The van der Waals surface area contributed by atoms with Crippen molar-refractivity contribution in [2.24, 2.45) is 0 Å². The number of nitrogens with zero attached hydrogens (tertiary/aromatic N) is 1. The zero-order valence-electron chi connectivity index (χ0n) is 11.9.